The molecule has 21 heavy (non-hydrogen) atoms. The van der Waals surface area contributed by atoms with E-state index in [-0.39, 0.29) is 0 Å². The van der Waals surface area contributed by atoms with Gasteiger partial charge in [-0.1, -0.05) is 73.5 Å². The first-order chi connectivity index (χ1) is 10.4. The molecule has 3 rings (SSSR count). The summed E-state index contributed by atoms with van der Waals surface area (Å²) in [4.78, 5) is 0. The minimum Gasteiger partial charge on any atom is -0.309 e. The number of nitrogens with one attached hydrogen (secondary N) is 1. The number of rotatable bonds is 6. The molecule has 0 aliphatic heterocycles. The van der Waals surface area contributed by atoms with Crippen molar-refractivity contribution in [3.8, 4) is 0 Å². The molecule has 1 unspecified atom stereocenters. The molecule has 1 aliphatic carbocycles. The van der Waals surface area contributed by atoms with Crippen LogP contribution in [-0.4, -0.2) is 6.54 Å². The quantitative estimate of drug-likeness (QED) is 0.804. The highest BCUT2D eigenvalue weighted by atomic mass is 14.9. The molecular formula is C20H25N. The summed E-state index contributed by atoms with van der Waals surface area (Å²) < 4.78 is 0. The Hall–Kier alpha value is -1.60. The van der Waals surface area contributed by atoms with E-state index in [0.29, 0.717) is 6.04 Å². The first-order valence-corrected chi connectivity index (χ1v) is 8.24. The zero-order valence-electron chi connectivity index (χ0n) is 12.7. The second-order valence-electron chi connectivity index (χ2n) is 6.21. The molecule has 1 heteroatoms. The van der Waals surface area contributed by atoms with Gasteiger partial charge in [-0.15, -0.1) is 0 Å². The molecule has 0 saturated heterocycles. The fourth-order valence-corrected chi connectivity index (χ4v) is 3.37. The second-order valence-corrected chi connectivity index (χ2v) is 6.21. The van der Waals surface area contributed by atoms with Crippen LogP contribution in [0.15, 0.2) is 60.7 Å². The molecule has 0 bridgehead atoms. The maximum atomic E-state index is 3.83. The van der Waals surface area contributed by atoms with Gasteiger partial charge in [0.1, 0.15) is 0 Å². The third-order valence-corrected chi connectivity index (χ3v) is 4.61. The third-order valence-electron chi connectivity index (χ3n) is 4.61. The average Bonchev–Trinajstić information content (AvgIpc) is 3.07. The van der Waals surface area contributed by atoms with Gasteiger partial charge in [-0.3, -0.25) is 0 Å². The van der Waals surface area contributed by atoms with Crippen molar-refractivity contribution in [2.24, 2.45) is 5.92 Å². The van der Waals surface area contributed by atoms with Gasteiger partial charge in [0.05, 0.1) is 0 Å². The van der Waals surface area contributed by atoms with Crippen LogP contribution in [0, 0.1) is 5.92 Å². The van der Waals surface area contributed by atoms with Gasteiger partial charge in [-0.2, -0.15) is 0 Å². The van der Waals surface area contributed by atoms with Gasteiger partial charge in [-0.05, 0) is 42.9 Å². The van der Waals surface area contributed by atoms with Gasteiger partial charge in [0, 0.05) is 6.04 Å². The predicted octanol–water partition coefficient (Wildman–Crippen LogP) is 4.75. The first kappa shape index (κ1) is 14.3. The summed E-state index contributed by atoms with van der Waals surface area (Å²) in [5, 5.41) is 3.83. The van der Waals surface area contributed by atoms with Crippen LogP contribution in [0.3, 0.4) is 0 Å². The van der Waals surface area contributed by atoms with Crippen LogP contribution in [0.25, 0.3) is 0 Å². The van der Waals surface area contributed by atoms with Crippen molar-refractivity contribution in [3.05, 3.63) is 71.8 Å². The molecule has 1 atom stereocenters. The van der Waals surface area contributed by atoms with Gasteiger partial charge < -0.3 is 5.32 Å². The largest absolute Gasteiger partial charge is 0.309 e. The SMILES string of the molecule is c1ccc(CC(NCC2CCCC2)c2ccccc2)cc1. The Bertz CT molecular complexity index is 514. The Morgan fingerprint density at radius 2 is 1.48 bits per heavy atom. The smallest absolute Gasteiger partial charge is 0.0360 e. The molecule has 1 aliphatic rings. The Balaban J connectivity index is 1.68. The zero-order valence-corrected chi connectivity index (χ0v) is 12.7. The second kappa shape index (κ2) is 7.42. The van der Waals surface area contributed by atoms with Gasteiger partial charge in [0.2, 0.25) is 0 Å². The highest BCUT2D eigenvalue weighted by Gasteiger charge is 2.18. The Labute approximate surface area is 128 Å². The van der Waals surface area contributed by atoms with E-state index in [4.69, 9.17) is 0 Å². The average molecular weight is 279 g/mol. The van der Waals surface area contributed by atoms with Gasteiger partial charge in [-0.25, -0.2) is 0 Å². The summed E-state index contributed by atoms with van der Waals surface area (Å²) in [6.07, 6.45) is 6.71. The summed E-state index contributed by atoms with van der Waals surface area (Å²) in [6, 6.07) is 22.1. The minimum absolute atomic E-state index is 0.425. The molecule has 2 aromatic rings. The Morgan fingerprint density at radius 1 is 0.857 bits per heavy atom. The van der Waals surface area contributed by atoms with Crippen molar-refractivity contribution >= 4 is 0 Å². The van der Waals surface area contributed by atoms with E-state index in [1.165, 1.54) is 36.8 Å². The molecule has 1 saturated carbocycles. The minimum atomic E-state index is 0.425. The molecular weight excluding hydrogens is 254 g/mol. The molecule has 1 nitrogen and oxygen atoms in total. The van der Waals surface area contributed by atoms with Crippen LogP contribution >= 0.6 is 0 Å². The normalized spacial score (nSPS) is 17.0. The monoisotopic (exact) mass is 279 g/mol. The molecule has 0 radical (unpaired) electrons. The van der Waals surface area contributed by atoms with Crippen molar-refractivity contribution in [1.82, 2.24) is 5.32 Å². The molecule has 0 aromatic heterocycles. The number of benzene rings is 2. The fourth-order valence-electron chi connectivity index (χ4n) is 3.37. The van der Waals surface area contributed by atoms with Gasteiger partial charge in [0.15, 0.2) is 0 Å². The zero-order chi connectivity index (χ0) is 14.3. The lowest BCUT2D eigenvalue weighted by atomic mass is 9.98. The first-order valence-electron chi connectivity index (χ1n) is 8.24. The van der Waals surface area contributed by atoms with E-state index >= 15 is 0 Å². The van der Waals surface area contributed by atoms with E-state index in [0.717, 1.165) is 18.9 Å². The molecule has 2 aromatic carbocycles. The molecule has 0 spiro atoms. The van der Waals surface area contributed by atoms with Crippen LogP contribution in [0.1, 0.15) is 42.9 Å². The van der Waals surface area contributed by atoms with Crippen molar-refractivity contribution in [2.75, 3.05) is 6.54 Å². The van der Waals surface area contributed by atoms with Crippen molar-refractivity contribution in [3.63, 3.8) is 0 Å². The van der Waals surface area contributed by atoms with E-state index < -0.39 is 0 Å². The molecule has 1 N–H and O–H groups in total. The Kier molecular flexibility index (Phi) is 5.07. The maximum Gasteiger partial charge on any atom is 0.0360 e. The molecule has 110 valence electrons. The molecule has 0 amide bonds. The van der Waals surface area contributed by atoms with Crippen molar-refractivity contribution in [2.45, 2.75) is 38.1 Å². The summed E-state index contributed by atoms with van der Waals surface area (Å²) in [6.45, 7) is 1.16. The lowest BCUT2D eigenvalue weighted by Crippen LogP contribution is -2.28. The maximum absolute atomic E-state index is 3.83. The highest BCUT2D eigenvalue weighted by molar-refractivity contribution is 5.23. The van der Waals surface area contributed by atoms with Crippen LogP contribution < -0.4 is 5.32 Å². The highest BCUT2D eigenvalue weighted by Crippen LogP contribution is 2.25. The standard InChI is InChI=1S/C20H25N/c1-3-9-17(10-4-1)15-20(19-13-5-2-6-14-19)21-16-18-11-7-8-12-18/h1-6,9-10,13-14,18,20-21H,7-8,11-12,15-16H2. The van der Waals surface area contributed by atoms with Crippen LogP contribution in [0.4, 0.5) is 0 Å². The summed E-state index contributed by atoms with van der Waals surface area (Å²) >= 11 is 0. The van der Waals surface area contributed by atoms with Crippen LogP contribution in [0.5, 0.6) is 0 Å². The Morgan fingerprint density at radius 3 is 2.14 bits per heavy atom. The van der Waals surface area contributed by atoms with E-state index in [2.05, 4.69) is 66.0 Å². The van der Waals surface area contributed by atoms with Crippen molar-refractivity contribution in [1.29, 1.82) is 0 Å². The number of hydrogen-bond donors (Lipinski definition) is 1. The molecule has 1 fully saturated rings. The molecule has 0 heterocycles. The summed E-state index contributed by atoms with van der Waals surface area (Å²) in [7, 11) is 0. The van der Waals surface area contributed by atoms with E-state index in [1.54, 1.807) is 0 Å². The van der Waals surface area contributed by atoms with Gasteiger partial charge >= 0.3 is 0 Å². The van der Waals surface area contributed by atoms with E-state index in [9.17, 15) is 0 Å². The lowest BCUT2D eigenvalue weighted by Gasteiger charge is -2.21. The topological polar surface area (TPSA) is 12.0 Å². The summed E-state index contributed by atoms with van der Waals surface area (Å²) in [5.74, 6) is 0.881. The lowest BCUT2D eigenvalue weighted by molar-refractivity contribution is 0.436. The summed E-state index contributed by atoms with van der Waals surface area (Å²) in [5.41, 5.74) is 2.81. The third kappa shape index (κ3) is 4.18. The van der Waals surface area contributed by atoms with Crippen LogP contribution in [0.2, 0.25) is 0 Å². The van der Waals surface area contributed by atoms with Crippen molar-refractivity contribution < 1.29 is 0 Å². The fraction of sp³-hybridized carbons (Fsp3) is 0.400. The van der Waals surface area contributed by atoms with Crippen LogP contribution in [-0.2, 0) is 6.42 Å². The van der Waals surface area contributed by atoms with E-state index in [1.807, 2.05) is 0 Å². The van der Waals surface area contributed by atoms with Gasteiger partial charge in [0.25, 0.3) is 0 Å². The predicted molar refractivity (Wildman–Crippen MR) is 89.3 cm³/mol. The number of hydrogen-bond acceptors (Lipinski definition) is 1.